The third-order valence-corrected chi connectivity index (χ3v) is 3.69. The lowest BCUT2D eigenvalue weighted by molar-refractivity contribution is -0.141. The summed E-state index contributed by atoms with van der Waals surface area (Å²) in [6.07, 6.45) is -0.148. The lowest BCUT2D eigenvalue weighted by Gasteiger charge is -2.30. The van der Waals surface area contributed by atoms with Gasteiger partial charge in [0, 0.05) is 0 Å². The Morgan fingerprint density at radius 3 is 2.45 bits per heavy atom. The molecule has 124 valence electrons. The van der Waals surface area contributed by atoms with Crippen molar-refractivity contribution in [2.75, 3.05) is 25.6 Å². The zero-order valence-corrected chi connectivity index (χ0v) is 13.9. The van der Waals surface area contributed by atoms with Crippen LogP contribution in [0.4, 0.5) is 0 Å². The highest BCUT2D eigenvalue weighted by atomic mass is 32.1. The molecule has 1 aromatic carbocycles. The molecule has 0 saturated heterocycles. The van der Waals surface area contributed by atoms with Crippen LogP contribution in [0.1, 0.15) is 31.9 Å². The lowest BCUT2D eigenvalue weighted by Crippen LogP contribution is -2.24. The van der Waals surface area contributed by atoms with Crippen molar-refractivity contribution < 1.29 is 24.5 Å². The number of hydrogen-bond donors (Lipinski definition) is 3. The average Bonchev–Trinajstić information content (AvgIpc) is 2.52. The maximum atomic E-state index is 11.1. The highest BCUT2D eigenvalue weighted by Gasteiger charge is 2.29. The van der Waals surface area contributed by atoms with Crippen LogP contribution < -0.4 is 4.74 Å². The molecule has 0 spiro atoms. The number of carbonyl (C=O) groups is 1. The second-order valence-electron chi connectivity index (χ2n) is 5.66. The molecule has 0 fully saturated rings. The normalized spacial score (nSPS) is 12.8. The molecule has 0 aliphatic heterocycles. The summed E-state index contributed by atoms with van der Waals surface area (Å²) in [5.74, 6) is 0.336. The fourth-order valence-corrected chi connectivity index (χ4v) is 2.06. The second-order valence-corrected chi connectivity index (χ2v) is 5.98. The predicted octanol–water partition coefficient (Wildman–Crippen LogP) is 1.98. The van der Waals surface area contributed by atoms with Gasteiger partial charge in [0.2, 0.25) is 0 Å². The standard InChI is InChI=1S/C16H24O5S/c1-16(2,7-9-21-14(18)11-22)15(19)12-3-5-13(6-4-12)20-10-8-17/h3-6,15,17,19,22H,7-11H2,1-2H3/t15-/m1/s1. The predicted molar refractivity (Wildman–Crippen MR) is 87.2 cm³/mol. The fraction of sp³-hybridized carbons (Fsp3) is 0.562. The maximum Gasteiger partial charge on any atom is 0.315 e. The van der Waals surface area contributed by atoms with E-state index < -0.39 is 11.5 Å². The summed E-state index contributed by atoms with van der Waals surface area (Å²) in [7, 11) is 0. The Bertz CT molecular complexity index is 458. The summed E-state index contributed by atoms with van der Waals surface area (Å²) in [6.45, 7) is 4.29. The Morgan fingerprint density at radius 1 is 1.27 bits per heavy atom. The molecule has 1 aromatic rings. The van der Waals surface area contributed by atoms with E-state index in [0.717, 1.165) is 5.56 Å². The second kappa shape index (κ2) is 9.02. The lowest BCUT2D eigenvalue weighted by atomic mass is 9.80. The van der Waals surface area contributed by atoms with Crippen molar-refractivity contribution in [3.8, 4) is 5.75 Å². The minimum Gasteiger partial charge on any atom is -0.491 e. The van der Waals surface area contributed by atoms with E-state index in [9.17, 15) is 9.90 Å². The first kappa shape index (κ1) is 18.8. The highest BCUT2D eigenvalue weighted by molar-refractivity contribution is 7.81. The van der Waals surface area contributed by atoms with Gasteiger partial charge in [0.1, 0.15) is 12.4 Å². The first-order valence-electron chi connectivity index (χ1n) is 7.19. The molecule has 0 amide bonds. The zero-order chi connectivity index (χ0) is 16.6. The number of carbonyl (C=O) groups excluding carboxylic acids is 1. The van der Waals surface area contributed by atoms with Gasteiger partial charge in [-0.3, -0.25) is 4.79 Å². The molecule has 0 saturated carbocycles. The monoisotopic (exact) mass is 328 g/mol. The Kier molecular flexibility index (Phi) is 7.72. The van der Waals surface area contributed by atoms with Gasteiger partial charge in [0.15, 0.2) is 0 Å². The summed E-state index contributed by atoms with van der Waals surface area (Å²) in [6, 6.07) is 7.09. The summed E-state index contributed by atoms with van der Waals surface area (Å²) in [4.78, 5) is 11.1. The van der Waals surface area contributed by atoms with Crippen LogP contribution in [0.5, 0.6) is 5.75 Å². The van der Waals surface area contributed by atoms with E-state index in [1.165, 1.54) is 0 Å². The van der Waals surface area contributed by atoms with Crippen LogP contribution >= 0.6 is 12.6 Å². The first-order valence-corrected chi connectivity index (χ1v) is 7.82. The molecule has 1 atom stereocenters. The minimum atomic E-state index is -0.686. The van der Waals surface area contributed by atoms with Crippen LogP contribution in [0, 0.1) is 5.41 Å². The fourth-order valence-electron chi connectivity index (χ4n) is 1.97. The Hall–Kier alpha value is -1.24. The zero-order valence-electron chi connectivity index (χ0n) is 13.0. The van der Waals surface area contributed by atoms with Crippen LogP contribution in [-0.2, 0) is 9.53 Å². The Balaban J connectivity index is 2.60. The molecule has 0 aliphatic rings. The van der Waals surface area contributed by atoms with Crippen LogP contribution in [0.3, 0.4) is 0 Å². The summed E-state index contributed by atoms with van der Waals surface area (Å²) < 4.78 is 10.3. The number of esters is 1. The van der Waals surface area contributed by atoms with Crippen molar-refractivity contribution in [1.82, 2.24) is 0 Å². The van der Waals surface area contributed by atoms with Gasteiger partial charge >= 0.3 is 5.97 Å². The first-order chi connectivity index (χ1) is 10.4. The molecular formula is C16H24O5S. The number of aliphatic hydroxyl groups is 2. The van der Waals surface area contributed by atoms with Crippen LogP contribution in [0.15, 0.2) is 24.3 Å². The number of ether oxygens (including phenoxy) is 2. The number of benzene rings is 1. The molecule has 0 radical (unpaired) electrons. The van der Waals surface area contributed by atoms with Gasteiger partial charge < -0.3 is 19.7 Å². The van der Waals surface area contributed by atoms with E-state index in [1.807, 2.05) is 13.8 Å². The van der Waals surface area contributed by atoms with Crippen molar-refractivity contribution in [3.63, 3.8) is 0 Å². The van der Waals surface area contributed by atoms with E-state index in [-0.39, 0.29) is 31.5 Å². The molecule has 22 heavy (non-hydrogen) atoms. The number of rotatable bonds is 9. The molecule has 2 N–H and O–H groups in total. The van der Waals surface area contributed by atoms with Gasteiger partial charge in [-0.15, -0.1) is 0 Å². The molecule has 0 heterocycles. The highest BCUT2D eigenvalue weighted by Crippen LogP contribution is 2.36. The summed E-state index contributed by atoms with van der Waals surface area (Å²) in [5.41, 5.74) is 0.325. The molecule has 5 nitrogen and oxygen atoms in total. The van der Waals surface area contributed by atoms with Gasteiger partial charge in [-0.1, -0.05) is 26.0 Å². The van der Waals surface area contributed by atoms with Crippen molar-refractivity contribution in [1.29, 1.82) is 0 Å². The SMILES string of the molecule is CC(C)(CCOC(=O)CS)[C@H](O)c1ccc(OCCO)cc1. The van der Waals surface area contributed by atoms with Crippen LogP contribution in [0.2, 0.25) is 0 Å². The van der Waals surface area contributed by atoms with Gasteiger partial charge in [0.05, 0.1) is 25.1 Å². The molecular weight excluding hydrogens is 304 g/mol. The van der Waals surface area contributed by atoms with Gasteiger partial charge in [0.25, 0.3) is 0 Å². The van der Waals surface area contributed by atoms with E-state index in [4.69, 9.17) is 14.6 Å². The van der Waals surface area contributed by atoms with E-state index in [0.29, 0.717) is 12.2 Å². The third kappa shape index (κ3) is 5.87. The molecule has 0 aliphatic carbocycles. The van der Waals surface area contributed by atoms with Gasteiger partial charge in [-0.25, -0.2) is 0 Å². The maximum absolute atomic E-state index is 11.1. The van der Waals surface area contributed by atoms with Gasteiger partial charge in [-0.2, -0.15) is 12.6 Å². The van der Waals surface area contributed by atoms with Crippen molar-refractivity contribution >= 4 is 18.6 Å². The Labute approximate surface area is 136 Å². The number of hydrogen-bond acceptors (Lipinski definition) is 6. The number of thiol groups is 1. The smallest absolute Gasteiger partial charge is 0.315 e. The van der Waals surface area contributed by atoms with E-state index >= 15 is 0 Å². The van der Waals surface area contributed by atoms with E-state index in [1.54, 1.807) is 24.3 Å². The molecule has 0 aromatic heterocycles. The van der Waals surface area contributed by atoms with Crippen molar-refractivity contribution in [3.05, 3.63) is 29.8 Å². The molecule has 0 unspecified atom stereocenters. The summed E-state index contributed by atoms with van der Waals surface area (Å²) in [5, 5.41) is 19.2. The number of aliphatic hydroxyl groups excluding tert-OH is 2. The Morgan fingerprint density at radius 2 is 1.91 bits per heavy atom. The summed E-state index contributed by atoms with van der Waals surface area (Å²) >= 11 is 3.84. The van der Waals surface area contributed by atoms with Crippen molar-refractivity contribution in [2.24, 2.45) is 5.41 Å². The molecule has 0 bridgehead atoms. The topological polar surface area (TPSA) is 76.0 Å². The molecule has 1 rings (SSSR count). The van der Waals surface area contributed by atoms with E-state index in [2.05, 4.69) is 12.6 Å². The van der Waals surface area contributed by atoms with Crippen molar-refractivity contribution in [2.45, 2.75) is 26.4 Å². The van der Waals surface area contributed by atoms with Crippen LogP contribution in [-0.4, -0.2) is 41.8 Å². The quantitative estimate of drug-likeness (QED) is 0.477. The molecule has 6 heteroatoms. The van der Waals surface area contributed by atoms with Crippen LogP contribution in [0.25, 0.3) is 0 Å². The average molecular weight is 328 g/mol. The minimum absolute atomic E-state index is 0.0393. The third-order valence-electron chi connectivity index (χ3n) is 3.43. The van der Waals surface area contributed by atoms with Gasteiger partial charge in [-0.05, 0) is 29.5 Å². The largest absolute Gasteiger partial charge is 0.491 e.